The molecule has 3 nitrogen and oxygen atoms in total. The first-order valence-electron chi connectivity index (χ1n) is 5.65. The molecule has 0 aromatic heterocycles. The van der Waals surface area contributed by atoms with Gasteiger partial charge in [0.15, 0.2) is 0 Å². The number of hydrogen-bond acceptors (Lipinski definition) is 2. The molecule has 0 saturated heterocycles. The minimum Gasteiger partial charge on any atom is -0.368 e. The average Bonchev–Trinajstić information content (AvgIpc) is 2.54. The molecule has 0 aromatic rings. The van der Waals surface area contributed by atoms with E-state index < -0.39 is 0 Å². The molecule has 1 aliphatic rings. The van der Waals surface area contributed by atoms with Gasteiger partial charge in [-0.25, -0.2) is 0 Å². The number of carbonyl (C=O) groups excluding carboxylic acids is 1. The molecule has 1 fully saturated rings. The van der Waals surface area contributed by atoms with Crippen LogP contribution in [0.15, 0.2) is 0 Å². The summed E-state index contributed by atoms with van der Waals surface area (Å²) in [6, 6.07) is 0.393. The van der Waals surface area contributed by atoms with Gasteiger partial charge in [0.1, 0.15) is 0 Å². The molecule has 0 bridgehead atoms. The largest absolute Gasteiger partial charge is 0.368 e. The normalized spacial score (nSPS) is 20.2. The third-order valence-corrected chi connectivity index (χ3v) is 2.84. The maximum absolute atomic E-state index is 11.2. The van der Waals surface area contributed by atoms with E-state index in [1.807, 2.05) is 0 Å². The Bertz CT molecular complexity index is 186. The number of primary amides is 1. The van der Waals surface area contributed by atoms with Crippen LogP contribution in [0.2, 0.25) is 0 Å². The van der Waals surface area contributed by atoms with Crippen molar-refractivity contribution < 1.29 is 4.79 Å². The van der Waals surface area contributed by atoms with Crippen LogP contribution < -0.4 is 11.1 Å². The van der Waals surface area contributed by atoms with E-state index in [2.05, 4.69) is 19.2 Å². The molecule has 0 radical (unpaired) electrons. The minimum absolute atomic E-state index is 0.127. The van der Waals surface area contributed by atoms with Gasteiger partial charge in [0.05, 0.1) is 6.04 Å². The van der Waals surface area contributed by atoms with Crippen molar-refractivity contribution in [1.82, 2.24) is 5.32 Å². The van der Waals surface area contributed by atoms with Crippen molar-refractivity contribution in [3.8, 4) is 0 Å². The molecule has 0 aromatic carbocycles. The van der Waals surface area contributed by atoms with Gasteiger partial charge in [-0.05, 0) is 25.2 Å². The van der Waals surface area contributed by atoms with Crippen LogP contribution in [0.1, 0.15) is 46.0 Å². The highest BCUT2D eigenvalue weighted by Gasteiger charge is 2.22. The standard InChI is InChI=1S/C11H22N2O/c1-8(2)7-10(11(12)14)13-9-5-3-4-6-9/h8-10,13H,3-7H2,1-2H3,(H2,12,14)/t10-/m0/s1. The SMILES string of the molecule is CC(C)C[C@H](NC1CCCC1)C(N)=O. The summed E-state index contributed by atoms with van der Waals surface area (Å²) in [5, 5.41) is 3.37. The third kappa shape index (κ3) is 3.66. The fourth-order valence-corrected chi connectivity index (χ4v) is 2.11. The highest BCUT2D eigenvalue weighted by Crippen LogP contribution is 2.19. The molecular formula is C11H22N2O. The summed E-state index contributed by atoms with van der Waals surface area (Å²) < 4.78 is 0. The lowest BCUT2D eigenvalue weighted by molar-refractivity contribution is -0.120. The van der Waals surface area contributed by atoms with Crippen molar-refractivity contribution in [2.75, 3.05) is 0 Å². The van der Waals surface area contributed by atoms with E-state index in [4.69, 9.17) is 5.73 Å². The van der Waals surface area contributed by atoms with Crippen LogP contribution in [0.5, 0.6) is 0 Å². The molecule has 14 heavy (non-hydrogen) atoms. The van der Waals surface area contributed by atoms with Gasteiger partial charge in [-0.3, -0.25) is 4.79 Å². The molecule has 3 N–H and O–H groups in total. The van der Waals surface area contributed by atoms with E-state index in [9.17, 15) is 4.79 Å². The first kappa shape index (κ1) is 11.5. The second-order valence-corrected chi connectivity index (χ2v) is 4.73. The molecule has 1 rings (SSSR count). The Morgan fingerprint density at radius 1 is 1.43 bits per heavy atom. The molecule has 1 aliphatic carbocycles. The van der Waals surface area contributed by atoms with Crippen molar-refractivity contribution in [1.29, 1.82) is 0 Å². The van der Waals surface area contributed by atoms with Crippen LogP contribution in [0.3, 0.4) is 0 Å². The molecule has 82 valence electrons. The van der Waals surface area contributed by atoms with Gasteiger partial charge in [-0.15, -0.1) is 0 Å². The Morgan fingerprint density at radius 2 is 2.00 bits per heavy atom. The number of nitrogens with two attached hydrogens (primary N) is 1. The van der Waals surface area contributed by atoms with Crippen molar-refractivity contribution in [2.24, 2.45) is 11.7 Å². The smallest absolute Gasteiger partial charge is 0.234 e. The Hall–Kier alpha value is -0.570. The Labute approximate surface area is 86.4 Å². The van der Waals surface area contributed by atoms with Crippen LogP contribution in [0.4, 0.5) is 0 Å². The molecule has 0 unspecified atom stereocenters. The lowest BCUT2D eigenvalue weighted by Gasteiger charge is -2.21. The minimum atomic E-state index is -0.203. The summed E-state index contributed by atoms with van der Waals surface area (Å²) in [6.07, 6.45) is 5.81. The number of rotatable bonds is 5. The topological polar surface area (TPSA) is 55.1 Å². The number of hydrogen-bond donors (Lipinski definition) is 2. The van der Waals surface area contributed by atoms with E-state index in [1.165, 1.54) is 25.7 Å². The predicted octanol–water partition coefficient (Wildman–Crippen LogP) is 1.42. The molecule has 0 spiro atoms. The third-order valence-electron chi connectivity index (χ3n) is 2.84. The van der Waals surface area contributed by atoms with Crippen molar-refractivity contribution in [3.05, 3.63) is 0 Å². The Balaban J connectivity index is 2.37. The monoisotopic (exact) mass is 198 g/mol. The maximum Gasteiger partial charge on any atom is 0.234 e. The van der Waals surface area contributed by atoms with Gasteiger partial charge in [-0.2, -0.15) is 0 Å². The maximum atomic E-state index is 11.2. The van der Waals surface area contributed by atoms with Crippen LogP contribution in [0.25, 0.3) is 0 Å². The van der Waals surface area contributed by atoms with Gasteiger partial charge in [0.25, 0.3) is 0 Å². The van der Waals surface area contributed by atoms with Gasteiger partial charge >= 0.3 is 0 Å². The first-order valence-corrected chi connectivity index (χ1v) is 5.65. The van der Waals surface area contributed by atoms with Gasteiger partial charge in [0, 0.05) is 6.04 Å². The Morgan fingerprint density at radius 3 is 2.43 bits per heavy atom. The van der Waals surface area contributed by atoms with E-state index in [-0.39, 0.29) is 11.9 Å². The molecule has 1 atom stereocenters. The highest BCUT2D eigenvalue weighted by molar-refractivity contribution is 5.79. The zero-order valence-electron chi connectivity index (χ0n) is 9.25. The zero-order chi connectivity index (χ0) is 10.6. The lowest BCUT2D eigenvalue weighted by atomic mass is 10.0. The quantitative estimate of drug-likeness (QED) is 0.702. The predicted molar refractivity (Wildman–Crippen MR) is 57.8 cm³/mol. The first-order chi connectivity index (χ1) is 6.59. The van der Waals surface area contributed by atoms with Crippen LogP contribution in [-0.2, 0) is 4.79 Å². The molecule has 3 heteroatoms. The molecule has 1 amide bonds. The summed E-state index contributed by atoms with van der Waals surface area (Å²) in [6.45, 7) is 4.23. The molecule has 1 saturated carbocycles. The van der Waals surface area contributed by atoms with Crippen molar-refractivity contribution in [3.63, 3.8) is 0 Å². The summed E-state index contributed by atoms with van der Waals surface area (Å²) >= 11 is 0. The summed E-state index contributed by atoms with van der Waals surface area (Å²) in [5.41, 5.74) is 5.36. The van der Waals surface area contributed by atoms with E-state index >= 15 is 0 Å². The van der Waals surface area contributed by atoms with Crippen LogP contribution >= 0.6 is 0 Å². The fourth-order valence-electron chi connectivity index (χ4n) is 2.11. The van der Waals surface area contributed by atoms with Crippen molar-refractivity contribution >= 4 is 5.91 Å². The Kier molecular flexibility index (Phi) is 4.39. The van der Waals surface area contributed by atoms with E-state index in [1.54, 1.807) is 0 Å². The zero-order valence-corrected chi connectivity index (χ0v) is 9.25. The van der Waals surface area contributed by atoms with Gasteiger partial charge < -0.3 is 11.1 Å². The van der Waals surface area contributed by atoms with Gasteiger partial charge in [-0.1, -0.05) is 26.7 Å². The van der Waals surface area contributed by atoms with Crippen LogP contribution in [0, 0.1) is 5.92 Å². The van der Waals surface area contributed by atoms with Crippen LogP contribution in [-0.4, -0.2) is 18.0 Å². The summed E-state index contributed by atoms with van der Waals surface area (Å²) in [7, 11) is 0. The van der Waals surface area contributed by atoms with Crippen molar-refractivity contribution in [2.45, 2.75) is 58.0 Å². The van der Waals surface area contributed by atoms with E-state index in [0.717, 1.165) is 6.42 Å². The van der Waals surface area contributed by atoms with E-state index in [0.29, 0.717) is 12.0 Å². The van der Waals surface area contributed by atoms with Gasteiger partial charge in [0.2, 0.25) is 5.91 Å². The average molecular weight is 198 g/mol. The second kappa shape index (κ2) is 5.35. The molecular weight excluding hydrogens is 176 g/mol. The summed E-state index contributed by atoms with van der Waals surface area (Å²) in [5.74, 6) is 0.312. The second-order valence-electron chi connectivity index (χ2n) is 4.73. The lowest BCUT2D eigenvalue weighted by Crippen LogP contribution is -2.46. The fraction of sp³-hybridized carbons (Fsp3) is 0.909. The molecule has 0 aliphatic heterocycles. The highest BCUT2D eigenvalue weighted by atomic mass is 16.1. The molecule has 0 heterocycles. The number of amides is 1. The number of carbonyl (C=O) groups is 1. The number of nitrogens with one attached hydrogen (secondary N) is 1. The summed E-state index contributed by atoms with van der Waals surface area (Å²) in [4.78, 5) is 11.2.